The van der Waals surface area contributed by atoms with Gasteiger partial charge in [0.05, 0.1) is 6.10 Å². The van der Waals surface area contributed by atoms with Crippen molar-refractivity contribution in [3.8, 4) is 0 Å². The van der Waals surface area contributed by atoms with Gasteiger partial charge in [-0.25, -0.2) is 0 Å². The molecule has 1 fully saturated rings. The molecule has 0 aliphatic carbocycles. The number of hydrogen-bond donors (Lipinski definition) is 1. The number of fused-ring (bicyclic) bond motifs is 1. The fourth-order valence-electron chi connectivity index (χ4n) is 2.61. The Morgan fingerprint density at radius 1 is 1.28 bits per heavy atom. The van der Waals surface area contributed by atoms with Crippen LogP contribution in [0.1, 0.15) is 30.9 Å². The third kappa shape index (κ3) is 2.11. The van der Waals surface area contributed by atoms with Gasteiger partial charge in [-0.3, -0.25) is 4.98 Å². The van der Waals surface area contributed by atoms with E-state index in [4.69, 9.17) is 4.74 Å². The summed E-state index contributed by atoms with van der Waals surface area (Å²) in [5.74, 6) is 0. The van der Waals surface area contributed by atoms with Gasteiger partial charge in [-0.15, -0.1) is 0 Å². The zero-order valence-corrected chi connectivity index (χ0v) is 10.2. The third-order valence-corrected chi connectivity index (χ3v) is 3.60. The van der Waals surface area contributed by atoms with Crippen molar-refractivity contribution in [3.05, 3.63) is 42.2 Å². The minimum atomic E-state index is -0.557. The Hall–Kier alpha value is -1.45. The number of aromatic nitrogens is 1. The first kappa shape index (κ1) is 11.6. The lowest BCUT2D eigenvalue weighted by Crippen LogP contribution is -2.26. The van der Waals surface area contributed by atoms with Gasteiger partial charge in [0.2, 0.25) is 0 Å². The van der Waals surface area contributed by atoms with Crippen LogP contribution in [0.3, 0.4) is 0 Å². The zero-order chi connectivity index (χ0) is 12.4. The lowest BCUT2D eigenvalue weighted by atomic mass is 9.95. The highest BCUT2D eigenvalue weighted by atomic mass is 16.5. The summed E-state index contributed by atoms with van der Waals surface area (Å²) in [6.45, 7) is 0.755. The molecule has 3 heteroatoms. The second-order valence-electron chi connectivity index (χ2n) is 4.79. The molecular formula is C15H17NO2. The van der Waals surface area contributed by atoms with Crippen LogP contribution >= 0.6 is 0 Å². The monoisotopic (exact) mass is 243 g/mol. The minimum Gasteiger partial charge on any atom is -0.386 e. The van der Waals surface area contributed by atoms with Crippen molar-refractivity contribution in [1.82, 2.24) is 4.98 Å². The first-order chi connectivity index (χ1) is 8.86. The molecule has 1 saturated heterocycles. The molecule has 94 valence electrons. The van der Waals surface area contributed by atoms with Crippen molar-refractivity contribution >= 4 is 10.8 Å². The molecular weight excluding hydrogens is 226 g/mol. The number of aliphatic hydroxyl groups excluding tert-OH is 1. The van der Waals surface area contributed by atoms with Crippen molar-refractivity contribution in [1.29, 1.82) is 0 Å². The molecule has 1 aromatic heterocycles. The maximum Gasteiger partial charge on any atom is 0.106 e. The van der Waals surface area contributed by atoms with Gasteiger partial charge in [0.1, 0.15) is 6.10 Å². The fraction of sp³-hybridized carbons (Fsp3) is 0.400. The van der Waals surface area contributed by atoms with Crippen molar-refractivity contribution in [2.45, 2.75) is 31.5 Å². The van der Waals surface area contributed by atoms with Gasteiger partial charge in [-0.2, -0.15) is 0 Å². The predicted octanol–water partition coefficient (Wildman–Crippen LogP) is 2.84. The van der Waals surface area contributed by atoms with Crippen LogP contribution in [0.25, 0.3) is 10.8 Å². The van der Waals surface area contributed by atoms with Gasteiger partial charge in [-0.05, 0) is 36.3 Å². The zero-order valence-electron chi connectivity index (χ0n) is 10.2. The number of benzene rings is 1. The summed E-state index contributed by atoms with van der Waals surface area (Å²) in [5, 5.41) is 12.6. The highest BCUT2D eigenvalue weighted by Gasteiger charge is 2.25. The summed E-state index contributed by atoms with van der Waals surface area (Å²) in [6.07, 6.45) is 6.11. The summed E-state index contributed by atoms with van der Waals surface area (Å²) in [6, 6.07) is 7.94. The summed E-state index contributed by atoms with van der Waals surface area (Å²) < 4.78 is 5.67. The molecule has 1 aliphatic rings. The van der Waals surface area contributed by atoms with Crippen LogP contribution in [0.2, 0.25) is 0 Å². The smallest absolute Gasteiger partial charge is 0.106 e. The maximum atomic E-state index is 10.5. The maximum absolute atomic E-state index is 10.5. The second kappa shape index (κ2) is 5.04. The molecule has 0 radical (unpaired) electrons. The average Bonchev–Trinajstić information content (AvgIpc) is 2.47. The Kier molecular flexibility index (Phi) is 3.26. The Balaban J connectivity index is 1.97. The van der Waals surface area contributed by atoms with Crippen molar-refractivity contribution < 1.29 is 9.84 Å². The van der Waals surface area contributed by atoms with Crippen LogP contribution < -0.4 is 0 Å². The van der Waals surface area contributed by atoms with Gasteiger partial charge < -0.3 is 9.84 Å². The minimum absolute atomic E-state index is 0.0791. The molecule has 0 spiro atoms. The van der Waals surface area contributed by atoms with E-state index < -0.39 is 6.10 Å². The normalized spacial score (nSPS) is 21.9. The van der Waals surface area contributed by atoms with Gasteiger partial charge in [0, 0.05) is 24.4 Å². The molecule has 2 heterocycles. The van der Waals surface area contributed by atoms with E-state index in [0.29, 0.717) is 0 Å². The molecule has 1 aromatic carbocycles. The largest absolute Gasteiger partial charge is 0.386 e. The quantitative estimate of drug-likeness (QED) is 0.882. The van der Waals surface area contributed by atoms with Crippen LogP contribution in [0.15, 0.2) is 36.7 Å². The summed E-state index contributed by atoms with van der Waals surface area (Å²) >= 11 is 0. The summed E-state index contributed by atoms with van der Waals surface area (Å²) in [4.78, 5) is 4.15. The number of hydrogen-bond acceptors (Lipinski definition) is 3. The van der Waals surface area contributed by atoms with E-state index in [2.05, 4.69) is 4.98 Å². The Labute approximate surface area is 106 Å². The highest BCUT2D eigenvalue weighted by Crippen LogP contribution is 2.30. The predicted molar refractivity (Wildman–Crippen MR) is 70.3 cm³/mol. The molecule has 2 aromatic rings. The van der Waals surface area contributed by atoms with E-state index in [1.165, 1.54) is 0 Å². The first-order valence-electron chi connectivity index (χ1n) is 6.48. The third-order valence-electron chi connectivity index (χ3n) is 3.60. The summed E-state index contributed by atoms with van der Waals surface area (Å²) in [5.41, 5.74) is 0.924. The molecule has 2 unspecified atom stereocenters. The van der Waals surface area contributed by atoms with E-state index >= 15 is 0 Å². The van der Waals surface area contributed by atoms with E-state index in [9.17, 15) is 5.11 Å². The van der Waals surface area contributed by atoms with Gasteiger partial charge in [0.25, 0.3) is 0 Å². The molecule has 0 amide bonds. The SMILES string of the molecule is OC(c1cccc2ccncc12)C1CCCCO1. The van der Waals surface area contributed by atoms with Crippen LogP contribution in [-0.4, -0.2) is 22.8 Å². The van der Waals surface area contributed by atoms with E-state index in [1.54, 1.807) is 6.20 Å². The van der Waals surface area contributed by atoms with Gasteiger partial charge >= 0.3 is 0 Å². The molecule has 3 nitrogen and oxygen atoms in total. The van der Waals surface area contributed by atoms with Gasteiger partial charge in [-0.1, -0.05) is 18.2 Å². The molecule has 2 atom stereocenters. The molecule has 1 N–H and O–H groups in total. The highest BCUT2D eigenvalue weighted by molar-refractivity contribution is 5.85. The molecule has 18 heavy (non-hydrogen) atoms. The van der Waals surface area contributed by atoms with Crippen LogP contribution in [-0.2, 0) is 4.74 Å². The average molecular weight is 243 g/mol. The fourth-order valence-corrected chi connectivity index (χ4v) is 2.61. The number of rotatable bonds is 2. The topological polar surface area (TPSA) is 42.4 Å². The lowest BCUT2D eigenvalue weighted by molar-refractivity contribution is -0.0628. The Bertz CT molecular complexity index is 530. The first-order valence-corrected chi connectivity index (χ1v) is 6.48. The molecule has 3 rings (SSSR count). The standard InChI is InChI=1S/C15H17NO2/c17-15(14-6-1-2-9-18-14)12-5-3-4-11-7-8-16-10-13(11)12/h3-5,7-8,10,14-15,17H,1-2,6,9H2. The van der Waals surface area contributed by atoms with Crippen molar-refractivity contribution in [3.63, 3.8) is 0 Å². The van der Waals surface area contributed by atoms with E-state index in [0.717, 1.165) is 42.2 Å². The number of pyridine rings is 1. The molecule has 0 saturated carbocycles. The van der Waals surface area contributed by atoms with Crippen LogP contribution in [0.5, 0.6) is 0 Å². The van der Waals surface area contributed by atoms with E-state index in [1.807, 2.05) is 30.5 Å². The number of ether oxygens (including phenoxy) is 1. The summed E-state index contributed by atoms with van der Waals surface area (Å²) in [7, 11) is 0. The Morgan fingerprint density at radius 2 is 2.22 bits per heavy atom. The lowest BCUT2D eigenvalue weighted by Gasteiger charge is -2.27. The van der Waals surface area contributed by atoms with Gasteiger partial charge in [0.15, 0.2) is 0 Å². The van der Waals surface area contributed by atoms with Crippen molar-refractivity contribution in [2.24, 2.45) is 0 Å². The number of nitrogens with zero attached hydrogens (tertiary/aromatic N) is 1. The van der Waals surface area contributed by atoms with Crippen molar-refractivity contribution in [2.75, 3.05) is 6.61 Å². The number of aliphatic hydroxyl groups is 1. The second-order valence-corrected chi connectivity index (χ2v) is 4.79. The Morgan fingerprint density at radius 3 is 3.06 bits per heavy atom. The molecule has 1 aliphatic heterocycles. The van der Waals surface area contributed by atoms with Crippen LogP contribution in [0, 0.1) is 0 Å². The van der Waals surface area contributed by atoms with Crippen LogP contribution in [0.4, 0.5) is 0 Å². The molecule has 0 bridgehead atoms. The van der Waals surface area contributed by atoms with E-state index in [-0.39, 0.29) is 6.10 Å².